The van der Waals surface area contributed by atoms with E-state index in [4.69, 9.17) is 4.74 Å². The standard InChI is InChI=1S/C24H24N4O4S3/c1-15-23(34-16(2)25-15)21-14-33-24(26-21)27-22(29)13-17-5-11-20(12-6-17)35(30,31)28(3)18-7-9-19(32-4)10-8-18/h5-12,14H,13H2,1-4H3,(H,26,27,29). The number of thiazole rings is 2. The van der Waals surface area contributed by atoms with Crippen LogP contribution in [0.2, 0.25) is 0 Å². The average Bonchev–Trinajstić information content (AvgIpc) is 3.43. The van der Waals surface area contributed by atoms with Crippen LogP contribution in [0.1, 0.15) is 16.3 Å². The first-order valence-electron chi connectivity index (χ1n) is 10.6. The highest BCUT2D eigenvalue weighted by molar-refractivity contribution is 7.92. The Balaban J connectivity index is 1.40. The van der Waals surface area contributed by atoms with Gasteiger partial charge in [0.05, 0.1) is 45.4 Å². The Hall–Kier alpha value is -3.28. The van der Waals surface area contributed by atoms with E-state index in [1.165, 1.54) is 34.8 Å². The topological polar surface area (TPSA) is 101 Å². The molecule has 1 N–H and O–H groups in total. The van der Waals surface area contributed by atoms with Crippen molar-refractivity contribution in [3.05, 3.63) is 70.2 Å². The summed E-state index contributed by atoms with van der Waals surface area (Å²) in [6.45, 7) is 3.89. The summed E-state index contributed by atoms with van der Waals surface area (Å²) in [5.41, 5.74) is 2.92. The zero-order chi connectivity index (χ0) is 25.2. The number of nitrogens with one attached hydrogen (secondary N) is 1. The zero-order valence-corrected chi connectivity index (χ0v) is 22.1. The van der Waals surface area contributed by atoms with Gasteiger partial charge >= 0.3 is 0 Å². The molecule has 182 valence electrons. The zero-order valence-electron chi connectivity index (χ0n) is 19.6. The number of ether oxygens (including phenoxy) is 1. The molecule has 0 bridgehead atoms. The van der Waals surface area contributed by atoms with Gasteiger partial charge in [-0.05, 0) is 55.8 Å². The third kappa shape index (κ3) is 5.53. The number of hydrogen-bond donors (Lipinski definition) is 1. The molecule has 2 heterocycles. The highest BCUT2D eigenvalue weighted by atomic mass is 32.2. The van der Waals surface area contributed by atoms with Gasteiger partial charge < -0.3 is 10.1 Å². The molecule has 8 nitrogen and oxygen atoms in total. The van der Waals surface area contributed by atoms with Gasteiger partial charge in [0.25, 0.3) is 10.0 Å². The van der Waals surface area contributed by atoms with Crippen molar-refractivity contribution in [3.8, 4) is 16.3 Å². The van der Waals surface area contributed by atoms with E-state index in [-0.39, 0.29) is 17.2 Å². The molecule has 0 aliphatic rings. The van der Waals surface area contributed by atoms with Crippen LogP contribution in [0.3, 0.4) is 0 Å². The van der Waals surface area contributed by atoms with Crippen LogP contribution in [0, 0.1) is 13.8 Å². The highest BCUT2D eigenvalue weighted by Crippen LogP contribution is 2.32. The van der Waals surface area contributed by atoms with Gasteiger partial charge in [0.2, 0.25) is 5.91 Å². The Morgan fingerprint density at radius 1 is 1.06 bits per heavy atom. The van der Waals surface area contributed by atoms with Crippen molar-refractivity contribution in [2.24, 2.45) is 0 Å². The number of hydrogen-bond acceptors (Lipinski definition) is 8. The largest absolute Gasteiger partial charge is 0.497 e. The highest BCUT2D eigenvalue weighted by Gasteiger charge is 2.21. The number of methoxy groups -OCH3 is 1. The number of rotatable bonds is 8. The van der Waals surface area contributed by atoms with E-state index >= 15 is 0 Å². The number of sulfonamides is 1. The summed E-state index contributed by atoms with van der Waals surface area (Å²) < 4.78 is 32.4. The second-order valence-corrected chi connectivity index (χ2v) is 11.8. The van der Waals surface area contributed by atoms with Crippen LogP contribution in [0.5, 0.6) is 5.75 Å². The molecular weight excluding hydrogens is 504 g/mol. The molecule has 4 rings (SSSR count). The molecule has 0 radical (unpaired) electrons. The molecule has 4 aromatic rings. The fourth-order valence-electron chi connectivity index (χ4n) is 3.42. The minimum atomic E-state index is -3.75. The van der Waals surface area contributed by atoms with Gasteiger partial charge in [-0.3, -0.25) is 9.10 Å². The van der Waals surface area contributed by atoms with Crippen molar-refractivity contribution >= 4 is 49.4 Å². The van der Waals surface area contributed by atoms with Gasteiger partial charge in [-0.2, -0.15) is 0 Å². The van der Waals surface area contributed by atoms with Crippen molar-refractivity contribution in [3.63, 3.8) is 0 Å². The van der Waals surface area contributed by atoms with E-state index in [0.29, 0.717) is 22.1 Å². The molecule has 1 amide bonds. The summed E-state index contributed by atoms with van der Waals surface area (Å²) in [5, 5.41) is 6.19. The van der Waals surface area contributed by atoms with E-state index in [0.717, 1.165) is 21.3 Å². The Kier molecular flexibility index (Phi) is 7.20. The van der Waals surface area contributed by atoms with E-state index < -0.39 is 10.0 Å². The smallest absolute Gasteiger partial charge is 0.264 e. The van der Waals surface area contributed by atoms with E-state index in [1.54, 1.807) is 54.8 Å². The van der Waals surface area contributed by atoms with Crippen molar-refractivity contribution in [2.45, 2.75) is 25.2 Å². The third-order valence-corrected chi connectivity index (χ3v) is 8.92. The number of carbonyl (C=O) groups is 1. The maximum Gasteiger partial charge on any atom is 0.264 e. The van der Waals surface area contributed by atoms with Crippen LogP contribution in [0.4, 0.5) is 10.8 Å². The van der Waals surface area contributed by atoms with E-state index in [1.807, 2.05) is 19.2 Å². The number of aryl methyl sites for hydroxylation is 2. The molecule has 0 aliphatic carbocycles. The van der Waals surface area contributed by atoms with E-state index in [2.05, 4.69) is 15.3 Å². The normalized spacial score (nSPS) is 11.3. The maximum absolute atomic E-state index is 13.0. The minimum absolute atomic E-state index is 0.0995. The molecule has 0 saturated heterocycles. The van der Waals surface area contributed by atoms with Crippen molar-refractivity contribution in [1.29, 1.82) is 0 Å². The monoisotopic (exact) mass is 528 g/mol. The summed E-state index contributed by atoms with van der Waals surface area (Å²) in [6, 6.07) is 13.1. The number of carbonyl (C=O) groups excluding carboxylic acids is 1. The van der Waals surface area contributed by atoms with Crippen LogP contribution < -0.4 is 14.4 Å². The predicted molar refractivity (Wildman–Crippen MR) is 140 cm³/mol. The molecule has 11 heteroatoms. The Morgan fingerprint density at radius 2 is 1.74 bits per heavy atom. The molecule has 2 aromatic carbocycles. The average molecular weight is 529 g/mol. The molecule has 0 spiro atoms. The second kappa shape index (κ2) is 10.1. The quantitative estimate of drug-likeness (QED) is 0.349. The lowest BCUT2D eigenvalue weighted by atomic mass is 10.1. The van der Waals surface area contributed by atoms with Gasteiger partial charge in [-0.25, -0.2) is 18.4 Å². The summed E-state index contributed by atoms with van der Waals surface area (Å²) >= 11 is 2.92. The lowest BCUT2D eigenvalue weighted by Gasteiger charge is -2.20. The SMILES string of the molecule is COc1ccc(N(C)S(=O)(=O)c2ccc(CC(=O)Nc3nc(-c4sc(C)nc4C)cs3)cc2)cc1. The third-order valence-electron chi connectivity index (χ3n) is 5.27. The van der Waals surface area contributed by atoms with Crippen LogP contribution in [-0.2, 0) is 21.2 Å². The van der Waals surface area contributed by atoms with Crippen molar-refractivity contribution < 1.29 is 17.9 Å². The minimum Gasteiger partial charge on any atom is -0.497 e. The van der Waals surface area contributed by atoms with E-state index in [9.17, 15) is 13.2 Å². The van der Waals surface area contributed by atoms with Crippen LogP contribution in [0.25, 0.3) is 10.6 Å². The number of aromatic nitrogens is 2. The van der Waals surface area contributed by atoms with Crippen molar-refractivity contribution in [2.75, 3.05) is 23.8 Å². The first-order chi connectivity index (χ1) is 16.7. The lowest BCUT2D eigenvalue weighted by molar-refractivity contribution is -0.115. The fraction of sp³-hybridized carbons (Fsp3) is 0.208. The van der Waals surface area contributed by atoms with Crippen molar-refractivity contribution in [1.82, 2.24) is 9.97 Å². The van der Waals surface area contributed by atoms with Gasteiger partial charge in [0, 0.05) is 12.4 Å². The van der Waals surface area contributed by atoms with Gasteiger partial charge in [-0.1, -0.05) is 12.1 Å². The summed E-state index contributed by atoms with van der Waals surface area (Å²) in [5.74, 6) is 0.416. The predicted octanol–water partition coefficient (Wildman–Crippen LogP) is 4.90. The second-order valence-electron chi connectivity index (χ2n) is 7.72. The number of amides is 1. The lowest BCUT2D eigenvalue weighted by Crippen LogP contribution is -2.26. The molecular formula is C24H24N4O4S3. The maximum atomic E-state index is 13.0. The molecule has 0 aliphatic heterocycles. The Labute approximate surface area is 212 Å². The first-order valence-corrected chi connectivity index (χ1v) is 13.7. The first kappa shape index (κ1) is 24.8. The van der Waals surface area contributed by atoms with Crippen LogP contribution >= 0.6 is 22.7 Å². The van der Waals surface area contributed by atoms with Gasteiger partial charge in [0.15, 0.2) is 5.13 Å². The molecule has 0 fully saturated rings. The molecule has 0 unspecified atom stereocenters. The van der Waals surface area contributed by atoms with Gasteiger partial charge in [-0.15, -0.1) is 22.7 Å². The Bertz CT molecular complexity index is 1440. The fourth-order valence-corrected chi connectivity index (χ4v) is 6.29. The number of benzene rings is 2. The molecule has 0 saturated carbocycles. The molecule has 35 heavy (non-hydrogen) atoms. The number of anilines is 2. The van der Waals surface area contributed by atoms with Crippen LogP contribution in [-0.4, -0.2) is 38.5 Å². The summed E-state index contributed by atoms with van der Waals surface area (Å²) in [7, 11) is -0.704. The molecule has 2 aromatic heterocycles. The van der Waals surface area contributed by atoms with Crippen LogP contribution in [0.15, 0.2) is 58.8 Å². The molecule has 0 atom stereocenters. The Morgan fingerprint density at radius 3 is 2.34 bits per heavy atom. The summed E-state index contributed by atoms with van der Waals surface area (Å²) in [6.07, 6.45) is 0.0995. The summed E-state index contributed by atoms with van der Waals surface area (Å²) in [4.78, 5) is 22.6. The number of nitrogens with zero attached hydrogens (tertiary/aromatic N) is 3. The van der Waals surface area contributed by atoms with Gasteiger partial charge in [0.1, 0.15) is 5.75 Å².